The molecule has 0 saturated carbocycles. The highest BCUT2D eigenvalue weighted by molar-refractivity contribution is 5.06. The average Bonchev–Trinajstić information content (AvgIpc) is 2.30. The summed E-state index contributed by atoms with van der Waals surface area (Å²) in [5.41, 5.74) is 6.89. The standard InChI is InChI=1S/C12H22N4/c1-4-7-16(10(2)3)12(8-13)11-5-6-14-9-15-11/h5-6,9-10,12H,4,7-8,13H2,1-3H3. The number of rotatable bonds is 6. The fourth-order valence-electron chi connectivity index (χ4n) is 1.96. The highest BCUT2D eigenvalue weighted by Gasteiger charge is 2.21. The Hall–Kier alpha value is -1.00. The third-order valence-corrected chi connectivity index (χ3v) is 2.71. The van der Waals surface area contributed by atoms with Crippen molar-refractivity contribution < 1.29 is 0 Å². The number of nitrogens with zero attached hydrogens (tertiary/aromatic N) is 3. The van der Waals surface area contributed by atoms with Crippen LogP contribution in [0.3, 0.4) is 0 Å². The first kappa shape index (κ1) is 13.1. The average molecular weight is 222 g/mol. The van der Waals surface area contributed by atoms with Crippen LogP contribution in [0.25, 0.3) is 0 Å². The van der Waals surface area contributed by atoms with Gasteiger partial charge >= 0.3 is 0 Å². The summed E-state index contributed by atoms with van der Waals surface area (Å²) in [6.07, 6.45) is 4.48. The fraction of sp³-hybridized carbons (Fsp3) is 0.667. The summed E-state index contributed by atoms with van der Waals surface area (Å²) in [4.78, 5) is 10.6. The van der Waals surface area contributed by atoms with Gasteiger partial charge in [-0.3, -0.25) is 4.90 Å². The second-order valence-corrected chi connectivity index (χ2v) is 4.22. The predicted molar refractivity (Wildman–Crippen MR) is 66.0 cm³/mol. The minimum absolute atomic E-state index is 0.197. The maximum atomic E-state index is 5.87. The van der Waals surface area contributed by atoms with Crippen LogP contribution in [0.15, 0.2) is 18.6 Å². The van der Waals surface area contributed by atoms with E-state index >= 15 is 0 Å². The molecule has 0 amide bonds. The third-order valence-electron chi connectivity index (χ3n) is 2.71. The Morgan fingerprint density at radius 1 is 1.44 bits per heavy atom. The van der Waals surface area contributed by atoms with E-state index in [0.717, 1.165) is 18.7 Å². The molecule has 4 nitrogen and oxygen atoms in total. The minimum atomic E-state index is 0.197. The van der Waals surface area contributed by atoms with Gasteiger partial charge in [0.15, 0.2) is 0 Å². The monoisotopic (exact) mass is 222 g/mol. The van der Waals surface area contributed by atoms with Gasteiger partial charge in [-0.1, -0.05) is 6.92 Å². The Labute approximate surface area is 97.9 Å². The van der Waals surface area contributed by atoms with E-state index in [1.807, 2.05) is 6.07 Å². The van der Waals surface area contributed by atoms with Crippen molar-refractivity contribution in [2.24, 2.45) is 5.73 Å². The van der Waals surface area contributed by atoms with E-state index in [4.69, 9.17) is 5.73 Å². The number of hydrogen-bond acceptors (Lipinski definition) is 4. The van der Waals surface area contributed by atoms with Gasteiger partial charge in [-0.05, 0) is 32.9 Å². The second kappa shape index (κ2) is 6.55. The molecule has 90 valence electrons. The molecule has 1 rings (SSSR count). The molecule has 0 aliphatic heterocycles. The van der Waals surface area contributed by atoms with E-state index in [-0.39, 0.29) is 6.04 Å². The first-order valence-electron chi connectivity index (χ1n) is 5.92. The molecule has 0 fully saturated rings. The summed E-state index contributed by atoms with van der Waals surface area (Å²) in [5.74, 6) is 0. The van der Waals surface area contributed by atoms with E-state index < -0.39 is 0 Å². The molecule has 0 aliphatic carbocycles. The van der Waals surface area contributed by atoms with E-state index in [2.05, 4.69) is 35.6 Å². The maximum Gasteiger partial charge on any atom is 0.115 e. The van der Waals surface area contributed by atoms with Crippen LogP contribution in [-0.2, 0) is 0 Å². The van der Waals surface area contributed by atoms with Crippen LogP contribution in [0, 0.1) is 0 Å². The fourth-order valence-corrected chi connectivity index (χ4v) is 1.96. The molecule has 0 bridgehead atoms. The van der Waals surface area contributed by atoms with Crippen molar-refractivity contribution in [2.45, 2.75) is 39.3 Å². The molecule has 1 aromatic rings. The Balaban J connectivity index is 2.86. The molecule has 1 atom stereocenters. The van der Waals surface area contributed by atoms with Crippen molar-refractivity contribution in [3.05, 3.63) is 24.3 Å². The highest BCUT2D eigenvalue weighted by atomic mass is 15.2. The minimum Gasteiger partial charge on any atom is -0.329 e. The zero-order valence-corrected chi connectivity index (χ0v) is 10.4. The number of aromatic nitrogens is 2. The highest BCUT2D eigenvalue weighted by Crippen LogP contribution is 2.19. The van der Waals surface area contributed by atoms with Crippen LogP contribution in [-0.4, -0.2) is 34.0 Å². The summed E-state index contributed by atoms with van der Waals surface area (Å²) < 4.78 is 0. The lowest BCUT2D eigenvalue weighted by Gasteiger charge is -2.33. The molecule has 0 saturated heterocycles. The van der Waals surface area contributed by atoms with E-state index in [1.165, 1.54) is 0 Å². The molecule has 0 aromatic carbocycles. The summed E-state index contributed by atoms with van der Waals surface area (Å²) >= 11 is 0. The molecule has 1 heterocycles. The predicted octanol–water partition coefficient (Wildman–Crippen LogP) is 1.60. The van der Waals surface area contributed by atoms with Gasteiger partial charge < -0.3 is 5.73 Å². The molecular formula is C12H22N4. The molecule has 4 heteroatoms. The number of nitrogens with two attached hydrogens (primary N) is 1. The lowest BCUT2D eigenvalue weighted by atomic mass is 10.1. The lowest BCUT2D eigenvalue weighted by Crippen LogP contribution is -2.39. The van der Waals surface area contributed by atoms with Crippen molar-refractivity contribution in [1.82, 2.24) is 14.9 Å². The molecule has 0 radical (unpaired) electrons. The van der Waals surface area contributed by atoms with Crippen LogP contribution >= 0.6 is 0 Å². The van der Waals surface area contributed by atoms with E-state index in [1.54, 1.807) is 12.5 Å². The summed E-state index contributed by atoms with van der Waals surface area (Å²) in [5, 5.41) is 0. The van der Waals surface area contributed by atoms with Gasteiger partial charge in [-0.15, -0.1) is 0 Å². The topological polar surface area (TPSA) is 55.0 Å². The quantitative estimate of drug-likeness (QED) is 0.794. The van der Waals surface area contributed by atoms with Gasteiger partial charge in [-0.25, -0.2) is 9.97 Å². The van der Waals surface area contributed by atoms with Crippen LogP contribution in [0.5, 0.6) is 0 Å². The van der Waals surface area contributed by atoms with Gasteiger partial charge in [0.2, 0.25) is 0 Å². The smallest absolute Gasteiger partial charge is 0.115 e. The van der Waals surface area contributed by atoms with Crippen LogP contribution < -0.4 is 5.73 Å². The third kappa shape index (κ3) is 3.25. The van der Waals surface area contributed by atoms with Gasteiger partial charge in [0.25, 0.3) is 0 Å². The Kier molecular flexibility index (Phi) is 5.35. The van der Waals surface area contributed by atoms with Crippen LogP contribution in [0.2, 0.25) is 0 Å². The molecule has 2 N–H and O–H groups in total. The Morgan fingerprint density at radius 3 is 2.62 bits per heavy atom. The normalized spacial score (nSPS) is 13.4. The van der Waals surface area contributed by atoms with E-state index in [0.29, 0.717) is 12.6 Å². The van der Waals surface area contributed by atoms with Crippen molar-refractivity contribution in [3.8, 4) is 0 Å². The molecular weight excluding hydrogens is 200 g/mol. The van der Waals surface area contributed by atoms with Gasteiger partial charge in [0.1, 0.15) is 6.33 Å². The summed E-state index contributed by atoms with van der Waals surface area (Å²) in [6, 6.07) is 2.62. The zero-order valence-electron chi connectivity index (χ0n) is 10.4. The molecule has 1 unspecified atom stereocenters. The van der Waals surface area contributed by atoms with Crippen molar-refractivity contribution >= 4 is 0 Å². The van der Waals surface area contributed by atoms with Crippen LogP contribution in [0.1, 0.15) is 38.9 Å². The van der Waals surface area contributed by atoms with Crippen molar-refractivity contribution in [2.75, 3.05) is 13.1 Å². The van der Waals surface area contributed by atoms with Crippen molar-refractivity contribution in [3.63, 3.8) is 0 Å². The largest absolute Gasteiger partial charge is 0.329 e. The van der Waals surface area contributed by atoms with Crippen LogP contribution in [0.4, 0.5) is 0 Å². The van der Waals surface area contributed by atoms with E-state index in [9.17, 15) is 0 Å². The maximum absolute atomic E-state index is 5.87. The molecule has 16 heavy (non-hydrogen) atoms. The van der Waals surface area contributed by atoms with Gasteiger partial charge in [-0.2, -0.15) is 0 Å². The first-order chi connectivity index (χ1) is 7.70. The summed E-state index contributed by atoms with van der Waals surface area (Å²) in [7, 11) is 0. The zero-order chi connectivity index (χ0) is 12.0. The number of hydrogen-bond donors (Lipinski definition) is 1. The first-order valence-corrected chi connectivity index (χ1v) is 5.92. The van der Waals surface area contributed by atoms with Crippen molar-refractivity contribution in [1.29, 1.82) is 0 Å². The van der Waals surface area contributed by atoms with Gasteiger partial charge in [0.05, 0.1) is 11.7 Å². The second-order valence-electron chi connectivity index (χ2n) is 4.22. The molecule has 0 aliphatic rings. The Bertz CT molecular complexity index is 286. The molecule has 1 aromatic heterocycles. The lowest BCUT2D eigenvalue weighted by molar-refractivity contribution is 0.154. The Morgan fingerprint density at radius 2 is 2.19 bits per heavy atom. The SMILES string of the molecule is CCCN(C(C)C)C(CN)c1ccncn1. The molecule has 0 spiro atoms. The van der Waals surface area contributed by atoms with Gasteiger partial charge in [0, 0.05) is 18.8 Å². The summed E-state index contributed by atoms with van der Waals surface area (Å²) in [6.45, 7) is 8.21.